The Kier molecular flexibility index (Phi) is 8.99. The molecule has 0 aromatic carbocycles. The van der Waals surface area contributed by atoms with Gasteiger partial charge in [-0.15, -0.1) is 27.8 Å². The number of nitrogens with zero attached hydrogens (tertiary/aromatic N) is 3. The van der Waals surface area contributed by atoms with Crippen LogP contribution in [-0.2, 0) is 25.5 Å². The van der Waals surface area contributed by atoms with Crippen LogP contribution in [0.4, 0.5) is 0 Å². The number of quaternary nitrogens is 1. The second kappa shape index (κ2) is 12.4. The summed E-state index contributed by atoms with van der Waals surface area (Å²) in [6, 6.07) is 0. The van der Waals surface area contributed by atoms with E-state index < -0.39 is 29.6 Å². The van der Waals surface area contributed by atoms with Gasteiger partial charge in [-0.2, -0.15) is 5.70 Å². The predicted octanol–water partition coefficient (Wildman–Crippen LogP) is 2.06. The summed E-state index contributed by atoms with van der Waals surface area (Å²) in [6.45, 7) is 13.6. The van der Waals surface area contributed by atoms with Crippen LogP contribution in [0.1, 0.15) is 67.3 Å². The summed E-state index contributed by atoms with van der Waals surface area (Å²) in [6.07, 6.45) is 8.01. The van der Waals surface area contributed by atoms with E-state index in [9.17, 15) is 24.7 Å². The minimum Gasteiger partial charge on any atom is -0.664 e. The Morgan fingerprint density at radius 2 is 1.83 bits per heavy atom. The number of rotatable bonds is 6. The number of ketones is 1. The van der Waals surface area contributed by atoms with Gasteiger partial charge in [0.15, 0.2) is 11.5 Å². The van der Waals surface area contributed by atoms with E-state index in [0.29, 0.717) is 45.8 Å². The Labute approximate surface area is 283 Å². The normalized spacial score (nSPS) is 27.3. The number of methoxy groups -OCH3 is 1. The van der Waals surface area contributed by atoms with E-state index in [1.54, 1.807) is 19.1 Å². The number of nitrogens with one attached hydrogen (secondary N) is 1. The van der Waals surface area contributed by atoms with Crippen LogP contribution in [0.3, 0.4) is 0 Å². The first-order chi connectivity index (χ1) is 21.4. The number of fused-ring (bicyclic) bond motifs is 7. The first-order valence-corrected chi connectivity index (χ1v) is 15.1. The number of hydrogen-bond donors (Lipinski definition) is 2. The van der Waals surface area contributed by atoms with Gasteiger partial charge in [0.1, 0.15) is 11.6 Å². The van der Waals surface area contributed by atoms with Gasteiger partial charge < -0.3 is 35.4 Å². The fourth-order valence-corrected chi connectivity index (χ4v) is 7.23. The van der Waals surface area contributed by atoms with Crippen molar-refractivity contribution in [3.63, 3.8) is 0 Å². The summed E-state index contributed by atoms with van der Waals surface area (Å²) in [5.41, 5.74) is 7.42. The van der Waals surface area contributed by atoms with Crippen molar-refractivity contribution in [2.24, 2.45) is 17.8 Å². The zero-order valence-corrected chi connectivity index (χ0v) is 28.3. The van der Waals surface area contributed by atoms with Crippen LogP contribution in [0.25, 0.3) is 29.6 Å². The minimum atomic E-state index is -1.37. The van der Waals surface area contributed by atoms with Gasteiger partial charge >= 0.3 is 35.0 Å². The number of hydrogen-bond acceptors (Lipinski definition) is 5. The van der Waals surface area contributed by atoms with Crippen LogP contribution in [0.15, 0.2) is 46.1 Å². The van der Waals surface area contributed by atoms with Crippen LogP contribution in [-0.4, -0.2) is 53.0 Å². The molecule has 0 spiro atoms. The first kappa shape index (κ1) is 33.5. The SMILES string of the molecule is C=Cc1c2[n-]c(c1C)/C=C1\[N-]/C(=C3\C4=C(C(=O)[C@@H]3C(=O)OC)C(C)=C(/C=c3\[n-]/c(c(C)c3CC)=C\2)[NH+]4[O-])[C@@H](CCC(=O)O)[C@@H]1C.[Mg+2]. The molecule has 234 valence electrons. The van der Waals surface area contributed by atoms with Crippen molar-refractivity contribution in [2.75, 3.05) is 7.11 Å². The molecule has 1 unspecified atom stereocenters. The van der Waals surface area contributed by atoms with E-state index >= 15 is 0 Å². The summed E-state index contributed by atoms with van der Waals surface area (Å²) < 4.78 is 5.08. The molecule has 3 aliphatic heterocycles. The Bertz CT molecular complexity index is 1970. The molecule has 2 aromatic rings. The van der Waals surface area contributed by atoms with E-state index in [0.717, 1.165) is 27.6 Å². The van der Waals surface area contributed by atoms with E-state index in [4.69, 9.17) is 20.0 Å². The summed E-state index contributed by atoms with van der Waals surface area (Å²) in [5.74, 6) is -4.42. The Balaban J connectivity index is 0.00000417. The van der Waals surface area contributed by atoms with Crippen LogP contribution in [0, 0.1) is 36.8 Å². The maximum atomic E-state index is 14.3. The second-order valence-corrected chi connectivity index (χ2v) is 12.0. The number of allylic oxidation sites excluding steroid dienone is 6. The Morgan fingerprint density at radius 3 is 2.46 bits per heavy atom. The second-order valence-electron chi connectivity index (χ2n) is 12.0. The summed E-state index contributed by atoms with van der Waals surface area (Å²) >= 11 is 0. The maximum absolute atomic E-state index is 14.3. The van der Waals surface area contributed by atoms with Gasteiger partial charge in [-0.1, -0.05) is 55.3 Å². The molecule has 5 heterocycles. The molecule has 4 aliphatic rings. The maximum Gasteiger partial charge on any atom is 2.00 e. The van der Waals surface area contributed by atoms with Gasteiger partial charge in [-0.25, -0.2) is 0 Å². The number of carbonyl (C=O) groups excluding carboxylic acids is 2. The third-order valence-electron chi connectivity index (χ3n) is 9.71. The molecule has 2 N–H and O–H groups in total. The van der Waals surface area contributed by atoms with Crippen molar-refractivity contribution in [1.29, 1.82) is 0 Å². The molecule has 1 fully saturated rings. The molecule has 46 heavy (non-hydrogen) atoms. The topological polar surface area (TPSA) is 150 Å². The molecular weight excluding hydrogens is 597 g/mol. The zero-order valence-electron chi connectivity index (χ0n) is 26.9. The van der Waals surface area contributed by atoms with Crippen LogP contribution in [0.5, 0.6) is 0 Å². The van der Waals surface area contributed by atoms with Crippen molar-refractivity contribution < 1.29 is 29.3 Å². The van der Waals surface area contributed by atoms with Crippen LogP contribution in [0.2, 0.25) is 0 Å². The molecule has 10 nitrogen and oxygen atoms in total. The molecule has 6 rings (SSSR count). The molecule has 0 radical (unpaired) electrons. The van der Waals surface area contributed by atoms with Crippen LogP contribution >= 0.6 is 0 Å². The van der Waals surface area contributed by atoms with Crippen molar-refractivity contribution in [3.05, 3.63) is 101 Å². The van der Waals surface area contributed by atoms with Gasteiger partial charge in [0.2, 0.25) is 0 Å². The molecule has 1 saturated heterocycles. The average molecular weight is 632 g/mol. The van der Waals surface area contributed by atoms with E-state index in [1.165, 1.54) is 7.11 Å². The fourth-order valence-electron chi connectivity index (χ4n) is 7.23. The number of hydroxylamine groups is 2. The van der Waals surface area contributed by atoms with Gasteiger partial charge in [0.05, 0.1) is 12.7 Å². The number of aliphatic carboxylic acids is 1. The van der Waals surface area contributed by atoms with Crippen molar-refractivity contribution in [2.45, 2.75) is 53.9 Å². The molecule has 1 aliphatic carbocycles. The molecular formula is C35H35MgN4O6-. The first-order valence-electron chi connectivity index (χ1n) is 15.1. The van der Waals surface area contributed by atoms with Gasteiger partial charge in [-0.05, 0) is 57.1 Å². The quantitative estimate of drug-likeness (QED) is 0.213. The molecule has 0 amide bonds. The average Bonchev–Trinajstić information content (AvgIpc) is 3.73. The third kappa shape index (κ3) is 4.97. The van der Waals surface area contributed by atoms with Crippen molar-refractivity contribution >= 4 is 65.1 Å². The van der Waals surface area contributed by atoms with Gasteiger partial charge in [0, 0.05) is 17.6 Å². The molecule has 11 heteroatoms. The van der Waals surface area contributed by atoms with Crippen molar-refractivity contribution in [1.82, 2.24) is 9.97 Å². The van der Waals surface area contributed by atoms with E-state index in [-0.39, 0.29) is 63.7 Å². The number of carboxylic acid groups (broad SMARTS) is 1. The minimum absolute atomic E-state index is 0. The number of aromatic nitrogens is 2. The number of Topliss-reactive ketones (excluding diaryl/α,β-unsaturated/α-hetero) is 1. The third-order valence-corrected chi connectivity index (χ3v) is 9.71. The number of carbonyl (C=O) groups is 3. The van der Waals surface area contributed by atoms with E-state index in [2.05, 4.69) is 6.58 Å². The largest absolute Gasteiger partial charge is 2.00 e. The predicted molar refractivity (Wildman–Crippen MR) is 174 cm³/mol. The van der Waals surface area contributed by atoms with Crippen molar-refractivity contribution in [3.8, 4) is 0 Å². The fraction of sp³-hybridized carbons (Fsp3) is 0.343. The summed E-state index contributed by atoms with van der Waals surface area (Å²) in [4.78, 5) is 48.8. The Hall–Kier alpha value is -3.90. The van der Waals surface area contributed by atoms with E-state index in [1.807, 2.05) is 39.8 Å². The number of esters is 1. The van der Waals surface area contributed by atoms with Crippen LogP contribution < -0.4 is 25.7 Å². The summed E-state index contributed by atoms with van der Waals surface area (Å²) in [7, 11) is 1.20. The molecule has 2 aromatic heterocycles. The standard InChI is InChI=1S/C35H36N4O6.Mg/c1-8-19-15(3)22-12-24-17(5)21(10-11-28(40)41)32(38-24)30-31(35(43)45-7)34(42)29-18(6)27(39(44)33(29)30)14-26-20(9-2)16(4)23(37-26)13-25(19)36-22;/h8,12-14,17,21,31,39H,1,9-11H2,2-7H3,(H2,38,40,41,42);/q-2;+2/p-1/b23-13-,24-12-,26-14-;/t17-,21-,31+;/m0./s1. The van der Waals surface area contributed by atoms with Gasteiger partial charge in [-0.3, -0.25) is 14.4 Å². The molecule has 8 bridgehead atoms. The monoisotopic (exact) mass is 631 g/mol. The Morgan fingerprint density at radius 1 is 1.11 bits per heavy atom. The van der Waals surface area contributed by atoms with Gasteiger partial charge in [0.25, 0.3) is 0 Å². The number of ether oxygens (including phenoxy) is 1. The summed E-state index contributed by atoms with van der Waals surface area (Å²) in [5, 5.41) is 29.9. The number of carboxylic acids is 1. The molecule has 0 saturated carbocycles. The zero-order chi connectivity index (χ0) is 32.5. The molecule has 4 atom stereocenters. The smallest absolute Gasteiger partial charge is 0.664 e.